The summed E-state index contributed by atoms with van der Waals surface area (Å²) in [6, 6.07) is 2.42. The fourth-order valence-electron chi connectivity index (χ4n) is 3.80. The standard InChI is InChI=1S/C17H24FN5OS/c1-22(17-15-2-5-19-16(15)20-11-21-17)14-8-12(9-14)10-25(24)23-6-3-13(18)4-7-23/h2,5,11-14H,3-4,6-10H2,1H3,(H,19,20,21). The molecule has 136 valence electrons. The molecule has 0 spiro atoms. The summed E-state index contributed by atoms with van der Waals surface area (Å²) in [6.07, 6.45) is 5.84. The Morgan fingerprint density at radius 1 is 1.36 bits per heavy atom. The summed E-state index contributed by atoms with van der Waals surface area (Å²) < 4.78 is 27.6. The number of H-pyrrole nitrogens is 1. The molecule has 3 heterocycles. The van der Waals surface area contributed by atoms with Crippen molar-refractivity contribution in [1.29, 1.82) is 0 Å². The van der Waals surface area contributed by atoms with Gasteiger partial charge in [0.25, 0.3) is 0 Å². The minimum Gasteiger partial charge on any atom is -0.356 e. The van der Waals surface area contributed by atoms with E-state index in [1.54, 1.807) is 6.33 Å². The molecule has 2 aliphatic rings. The summed E-state index contributed by atoms with van der Waals surface area (Å²) in [4.78, 5) is 14.0. The minimum absolute atomic E-state index is 0.423. The maximum Gasteiger partial charge on any atom is 0.142 e. The summed E-state index contributed by atoms with van der Waals surface area (Å²) in [5.41, 5.74) is 0.852. The average Bonchev–Trinajstić information content (AvgIpc) is 3.06. The summed E-state index contributed by atoms with van der Waals surface area (Å²) in [5, 5.41) is 1.03. The number of nitrogens with one attached hydrogen (secondary N) is 1. The molecule has 2 fully saturated rings. The van der Waals surface area contributed by atoms with Crippen LogP contribution < -0.4 is 4.90 Å². The van der Waals surface area contributed by atoms with Gasteiger partial charge in [-0.1, -0.05) is 0 Å². The third-order valence-electron chi connectivity index (χ3n) is 5.48. The Bertz CT molecular complexity index is 754. The average molecular weight is 365 g/mol. The van der Waals surface area contributed by atoms with Gasteiger partial charge in [-0.05, 0) is 37.7 Å². The van der Waals surface area contributed by atoms with Gasteiger partial charge in [-0.15, -0.1) is 0 Å². The SMILES string of the molecule is CN(c1ncnc2[nH]ccc12)C1CC(CS(=O)N2CCC(F)CC2)C1. The van der Waals surface area contributed by atoms with Gasteiger partial charge in [-0.2, -0.15) is 0 Å². The van der Waals surface area contributed by atoms with Crippen molar-refractivity contribution < 1.29 is 8.60 Å². The van der Waals surface area contributed by atoms with E-state index in [9.17, 15) is 8.60 Å². The third-order valence-corrected chi connectivity index (χ3v) is 7.17. The van der Waals surface area contributed by atoms with E-state index in [-0.39, 0.29) is 0 Å². The Kier molecular flexibility index (Phi) is 4.73. The lowest BCUT2D eigenvalue weighted by atomic mass is 9.81. The van der Waals surface area contributed by atoms with Gasteiger partial charge in [-0.25, -0.2) is 22.9 Å². The van der Waals surface area contributed by atoms with Crippen LogP contribution in [0.3, 0.4) is 0 Å². The molecule has 1 aliphatic carbocycles. The van der Waals surface area contributed by atoms with E-state index in [1.165, 1.54) is 0 Å². The number of piperidine rings is 1. The van der Waals surface area contributed by atoms with E-state index in [0.29, 0.717) is 43.6 Å². The topological polar surface area (TPSA) is 65.1 Å². The Morgan fingerprint density at radius 2 is 2.12 bits per heavy atom. The van der Waals surface area contributed by atoms with Crippen LogP contribution in [-0.4, -0.2) is 61.6 Å². The quantitative estimate of drug-likeness (QED) is 0.883. The molecule has 0 amide bonds. The van der Waals surface area contributed by atoms with Crippen LogP contribution >= 0.6 is 0 Å². The van der Waals surface area contributed by atoms with Crippen molar-refractivity contribution in [2.45, 2.75) is 37.9 Å². The summed E-state index contributed by atoms with van der Waals surface area (Å²) in [6.45, 7) is 1.24. The highest BCUT2D eigenvalue weighted by molar-refractivity contribution is 7.82. The van der Waals surface area contributed by atoms with Crippen LogP contribution in [-0.2, 0) is 11.0 Å². The van der Waals surface area contributed by atoms with Crippen molar-refractivity contribution in [3.63, 3.8) is 0 Å². The maximum atomic E-state index is 13.2. The zero-order valence-corrected chi connectivity index (χ0v) is 15.2. The van der Waals surface area contributed by atoms with Crippen molar-refractivity contribution >= 4 is 27.8 Å². The number of fused-ring (bicyclic) bond motifs is 1. The molecular weight excluding hydrogens is 341 g/mol. The number of hydrogen-bond donors (Lipinski definition) is 1. The van der Waals surface area contributed by atoms with E-state index in [2.05, 4.69) is 26.9 Å². The van der Waals surface area contributed by atoms with E-state index in [4.69, 9.17) is 0 Å². The maximum absolute atomic E-state index is 13.2. The lowest BCUT2D eigenvalue weighted by Crippen LogP contribution is -2.46. The second-order valence-corrected chi connectivity index (χ2v) is 8.62. The molecular formula is C17H24FN5OS. The molecule has 2 aromatic rings. The lowest BCUT2D eigenvalue weighted by molar-refractivity contribution is 0.213. The lowest BCUT2D eigenvalue weighted by Gasteiger charge is -2.42. The molecule has 0 radical (unpaired) electrons. The number of rotatable bonds is 5. The van der Waals surface area contributed by atoms with Gasteiger partial charge in [-0.3, -0.25) is 0 Å². The Balaban J connectivity index is 1.31. The number of anilines is 1. The molecule has 6 nitrogen and oxygen atoms in total. The first-order valence-corrected chi connectivity index (χ1v) is 10.2. The van der Waals surface area contributed by atoms with Gasteiger partial charge in [0.1, 0.15) is 24.0 Å². The second-order valence-electron chi connectivity index (χ2n) is 7.13. The van der Waals surface area contributed by atoms with Crippen molar-refractivity contribution in [2.24, 2.45) is 5.92 Å². The van der Waals surface area contributed by atoms with Crippen LogP contribution in [0.2, 0.25) is 0 Å². The number of hydrogen-bond acceptors (Lipinski definition) is 4. The molecule has 0 aromatic carbocycles. The smallest absolute Gasteiger partial charge is 0.142 e. The summed E-state index contributed by atoms with van der Waals surface area (Å²) >= 11 is 0. The monoisotopic (exact) mass is 365 g/mol. The molecule has 1 saturated carbocycles. The van der Waals surface area contributed by atoms with Crippen LogP contribution in [0.5, 0.6) is 0 Å². The third kappa shape index (κ3) is 3.42. The fraction of sp³-hybridized carbons (Fsp3) is 0.647. The predicted octanol–water partition coefficient (Wildman–Crippen LogP) is 2.27. The van der Waals surface area contributed by atoms with Gasteiger partial charge in [0, 0.05) is 38.1 Å². The molecule has 1 atom stereocenters. The second kappa shape index (κ2) is 6.99. The van der Waals surface area contributed by atoms with Crippen LogP contribution in [0.4, 0.5) is 10.2 Å². The van der Waals surface area contributed by atoms with Gasteiger partial charge >= 0.3 is 0 Å². The van der Waals surface area contributed by atoms with Crippen molar-refractivity contribution in [3.8, 4) is 0 Å². The normalized spacial score (nSPS) is 26.5. The first-order chi connectivity index (χ1) is 12.1. The number of halogens is 1. The molecule has 25 heavy (non-hydrogen) atoms. The molecule has 1 N–H and O–H groups in total. The predicted molar refractivity (Wildman–Crippen MR) is 97.5 cm³/mol. The van der Waals surface area contributed by atoms with Gasteiger partial charge in [0.2, 0.25) is 0 Å². The zero-order valence-electron chi connectivity index (χ0n) is 14.4. The Labute approximate surface area is 149 Å². The summed E-state index contributed by atoms with van der Waals surface area (Å²) in [5.74, 6) is 2.12. The van der Waals surface area contributed by atoms with E-state index < -0.39 is 17.2 Å². The van der Waals surface area contributed by atoms with E-state index in [1.807, 2.05) is 16.6 Å². The fourth-order valence-corrected chi connectivity index (χ4v) is 5.30. The zero-order chi connectivity index (χ0) is 17.4. The van der Waals surface area contributed by atoms with Crippen molar-refractivity contribution in [1.82, 2.24) is 19.3 Å². The molecule has 8 heteroatoms. The number of aromatic nitrogens is 3. The molecule has 1 unspecified atom stereocenters. The Hall–Kier alpha value is -1.54. The van der Waals surface area contributed by atoms with Gasteiger partial charge in [0.15, 0.2) is 0 Å². The first-order valence-electron chi connectivity index (χ1n) is 8.90. The highest BCUT2D eigenvalue weighted by Crippen LogP contribution is 2.35. The first kappa shape index (κ1) is 16.9. The van der Waals surface area contributed by atoms with Crippen LogP contribution in [0.1, 0.15) is 25.7 Å². The summed E-state index contributed by atoms with van der Waals surface area (Å²) in [7, 11) is 1.10. The Morgan fingerprint density at radius 3 is 2.88 bits per heavy atom. The number of aromatic amines is 1. The molecule has 4 rings (SSSR count). The molecule has 0 bridgehead atoms. The van der Waals surface area contributed by atoms with Crippen LogP contribution in [0, 0.1) is 5.92 Å². The highest BCUT2D eigenvalue weighted by atomic mass is 32.2. The van der Waals surface area contributed by atoms with E-state index in [0.717, 1.165) is 29.7 Å². The van der Waals surface area contributed by atoms with Gasteiger partial charge in [0.05, 0.1) is 16.4 Å². The van der Waals surface area contributed by atoms with Crippen molar-refractivity contribution in [2.75, 3.05) is 30.8 Å². The van der Waals surface area contributed by atoms with Gasteiger partial charge < -0.3 is 9.88 Å². The molecule has 2 aromatic heterocycles. The molecule has 1 aliphatic heterocycles. The van der Waals surface area contributed by atoms with Crippen molar-refractivity contribution in [3.05, 3.63) is 18.6 Å². The number of nitrogens with zero attached hydrogens (tertiary/aromatic N) is 4. The molecule has 1 saturated heterocycles. The van der Waals surface area contributed by atoms with Crippen LogP contribution in [0.25, 0.3) is 11.0 Å². The highest BCUT2D eigenvalue weighted by Gasteiger charge is 2.35. The largest absolute Gasteiger partial charge is 0.356 e. The van der Waals surface area contributed by atoms with E-state index >= 15 is 0 Å². The van der Waals surface area contributed by atoms with Crippen LogP contribution in [0.15, 0.2) is 18.6 Å². The number of alkyl halides is 1. The minimum atomic E-state index is -0.971.